The predicted octanol–water partition coefficient (Wildman–Crippen LogP) is 3.64. The molecule has 1 rings (SSSR count). The van der Waals surface area contributed by atoms with Crippen molar-refractivity contribution < 1.29 is 0 Å². The van der Waals surface area contributed by atoms with Gasteiger partial charge in [0.2, 0.25) is 0 Å². The first-order valence-corrected chi connectivity index (χ1v) is 5.68. The third-order valence-corrected chi connectivity index (χ3v) is 2.94. The summed E-state index contributed by atoms with van der Waals surface area (Å²) >= 11 is 1.61. The first kappa shape index (κ1) is 11.0. The topological polar surface area (TPSA) is 12.9 Å². The summed E-state index contributed by atoms with van der Waals surface area (Å²) in [7, 11) is 0. The Balaban J connectivity index is 2.66. The standard InChI is InChI=1S/C12H15NS/c1-4-6-7-8-9-12-13-10(3)11(5-2)14-12/h5H,2,4,6-7H2,1,3H3. The second kappa shape index (κ2) is 5.62. The maximum Gasteiger partial charge on any atom is 0.167 e. The Labute approximate surface area is 89.9 Å². The van der Waals surface area contributed by atoms with E-state index < -0.39 is 0 Å². The zero-order valence-corrected chi connectivity index (χ0v) is 9.58. The summed E-state index contributed by atoms with van der Waals surface area (Å²) in [5, 5.41) is 0.911. The molecule has 1 aromatic rings. The largest absolute Gasteiger partial charge is 0.232 e. The molecule has 0 aliphatic carbocycles. The lowest BCUT2D eigenvalue weighted by atomic mass is 10.2. The number of rotatable bonds is 3. The van der Waals surface area contributed by atoms with Crippen LogP contribution in [0.5, 0.6) is 0 Å². The molecule has 0 atom stereocenters. The van der Waals surface area contributed by atoms with Crippen LogP contribution in [0.3, 0.4) is 0 Å². The Morgan fingerprint density at radius 2 is 2.36 bits per heavy atom. The molecule has 0 aliphatic rings. The minimum absolute atomic E-state index is 0.911. The summed E-state index contributed by atoms with van der Waals surface area (Å²) in [6.45, 7) is 7.90. The molecular formula is C12H15NS. The maximum absolute atomic E-state index is 4.35. The van der Waals surface area contributed by atoms with Gasteiger partial charge >= 0.3 is 0 Å². The van der Waals surface area contributed by atoms with Crippen molar-refractivity contribution in [3.8, 4) is 11.8 Å². The van der Waals surface area contributed by atoms with Crippen molar-refractivity contribution in [1.82, 2.24) is 4.98 Å². The molecular weight excluding hydrogens is 190 g/mol. The zero-order valence-electron chi connectivity index (χ0n) is 8.76. The lowest BCUT2D eigenvalue weighted by Crippen LogP contribution is -1.74. The van der Waals surface area contributed by atoms with Gasteiger partial charge in [0.25, 0.3) is 0 Å². The van der Waals surface area contributed by atoms with Crippen LogP contribution in [0.2, 0.25) is 0 Å². The molecule has 0 unspecified atom stereocenters. The molecule has 0 saturated heterocycles. The molecule has 1 nitrogen and oxygen atoms in total. The highest BCUT2D eigenvalue weighted by Gasteiger charge is 2.00. The van der Waals surface area contributed by atoms with E-state index >= 15 is 0 Å². The Kier molecular flexibility index (Phi) is 4.42. The highest BCUT2D eigenvalue weighted by atomic mass is 32.1. The molecule has 0 bridgehead atoms. The Morgan fingerprint density at radius 3 is 2.93 bits per heavy atom. The van der Waals surface area contributed by atoms with Crippen molar-refractivity contribution in [3.05, 3.63) is 22.2 Å². The molecule has 0 aliphatic heterocycles. The average molecular weight is 205 g/mol. The summed E-state index contributed by atoms with van der Waals surface area (Å²) in [5.41, 5.74) is 1.03. The summed E-state index contributed by atoms with van der Waals surface area (Å²) < 4.78 is 0. The van der Waals surface area contributed by atoms with E-state index in [-0.39, 0.29) is 0 Å². The van der Waals surface area contributed by atoms with Gasteiger partial charge in [0.1, 0.15) is 0 Å². The molecule has 0 amide bonds. The van der Waals surface area contributed by atoms with Gasteiger partial charge in [0.05, 0.1) is 10.6 Å². The molecule has 14 heavy (non-hydrogen) atoms. The number of nitrogens with zero attached hydrogens (tertiary/aromatic N) is 1. The summed E-state index contributed by atoms with van der Waals surface area (Å²) in [6, 6.07) is 0. The molecule has 0 radical (unpaired) electrons. The smallest absolute Gasteiger partial charge is 0.167 e. The summed E-state index contributed by atoms with van der Waals surface area (Å²) in [4.78, 5) is 5.48. The van der Waals surface area contributed by atoms with Crippen molar-refractivity contribution in [3.63, 3.8) is 0 Å². The molecule has 0 N–H and O–H groups in total. The van der Waals surface area contributed by atoms with E-state index in [0.29, 0.717) is 0 Å². The molecule has 0 aromatic carbocycles. The van der Waals surface area contributed by atoms with Gasteiger partial charge in [-0.05, 0) is 19.3 Å². The van der Waals surface area contributed by atoms with Crippen LogP contribution in [-0.2, 0) is 0 Å². The molecule has 2 heteroatoms. The first-order valence-electron chi connectivity index (χ1n) is 4.86. The fourth-order valence-electron chi connectivity index (χ4n) is 1.05. The van der Waals surface area contributed by atoms with E-state index in [1.807, 2.05) is 13.0 Å². The van der Waals surface area contributed by atoms with Crippen LogP contribution in [0.15, 0.2) is 6.58 Å². The van der Waals surface area contributed by atoms with Gasteiger partial charge in [-0.2, -0.15) is 0 Å². The van der Waals surface area contributed by atoms with Crippen LogP contribution in [-0.4, -0.2) is 4.98 Å². The predicted molar refractivity (Wildman–Crippen MR) is 63.3 cm³/mol. The van der Waals surface area contributed by atoms with Gasteiger partial charge in [-0.25, -0.2) is 4.98 Å². The van der Waals surface area contributed by atoms with E-state index in [4.69, 9.17) is 0 Å². The SMILES string of the molecule is C=Cc1sc(C#CCCCC)nc1C. The van der Waals surface area contributed by atoms with E-state index in [1.54, 1.807) is 11.3 Å². The van der Waals surface area contributed by atoms with Crippen LogP contribution in [0.25, 0.3) is 6.08 Å². The molecule has 0 spiro atoms. The van der Waals surface area contributed by atoms with Gasteiger partial charge in [0, 0.05) is 6.42 Å². The number of hydrogen-bond donors (Lipinski definition) is 0. The third-order valence-electron chi connectivity index (χ3n) is 1.87. The van der Waals surface area contributed by atoms with E-state index in [2.05, 4.69) is 30.3 Å². The zero-order chi connectivity index (χ0) is 10.4. The van der Waals surface area contributed by atoms with Crippen molar-refractivity contribution >= 4 is 17.4 Å². The molecule has 0 saturated carbocycles. The van der Waals surface area contributed by atoms with Crippen molar-refractivity contribution in [2.45, 2.75) is 33.1 Å². The molecule has 1 heterocycles. The van der Waals surface area contributed by atoms with E-state index in [0.717, 1.165) is 22.0 Å². The van der Waals surface area contributed by atoms with Gasteiger partial charge < -0.3 is 0 Å². The van der Waals surface area contributed by atoms with Crippen molar-refractivity contribution in [2.24, 2.45) is 0 Å². The number of unbranched alkanes of at least 4 members (excludes halogenated alkanes) is 2. The number of aromatic nitrogens is 1. The second-order valence-corrected chi connectivity index (χ2v) is 4.11. The molecule has 74 valence electrons. The van der Waals surface area contributed by atoms with E-state index in [1.165, 1.54) is 12.8 Å². The van der Waals surface area contributed by atoms with Gasteiger partial charge in [-0.3, -0.25) is 0 Å². The van der Waals surface area contributed by atoms with E-state index in [9.17, 15) is 0 Å². The van der Waals surface area contributed by atoms with Crippen LogP contribution in [0.4, 0.5) is 0 Å². The second-order valence-electron chi connectivity index (χ2n) is 3.08. The minimum atomic E-state index is 0.911. The van der Waals surface area contributed by atoms with Crippen LogP contribution < -0.4 is 0 Å². The normalized spacial score (nSPS) is 9.29. The quantitative estimate of drug-likeness (QED) is 0.542. The lowest BCUT2D eigenvalue weighted by molar-refractivity contribution is 0.828. The van der Waals surface area contributed by atoms with Crippen LogP contribution in [0.1, 0.15) is 41.8 Å². The molecule has 0 fully saturated rings. The van der Waals surface area contributed by atoms with Crippen molar-refractivity contribution in [2.75, 3.05) is 0 Å². The Bertz CT molecular complexity index is 365. The van der Waals surface area contributed by atoms with Gasteiger partial charge in [0.15, 0.2) is 5.01 Å². The summed E-state index contributed by atoms with van der Waals surface area (Å²) in [5.74, 6) is 6.22. The molecule has 1 aromatic heterocycles. The average Bonchev–Trinajstić information content (AvgIpc) is 2.54. The minimum Gasteiger partial charge on any atom is -0.232 e. The monoisotopic (exact) mass is 205 g/mol. The highest BCUT2D eigenvalue weighted by Crippen LogP contribution is 2.17. The highest BCUT2D eigenvalue weighted by molar-refractivity contribution is 7.13. The van der Waals surface area contributed by atoms with Crippen molar-refractivity contribution in [1.29, 1.82) is 0 Å². The lowest BCUT2D eigenvalue weighted by Gasteiger charge is -1.82. The first-order chi connectivity index (χ1) is 6.77. The Hall–Kier alpha value is -1.07. The number of hydrogen-bond acceptors (Lipinski definition) is 2. The Morgan fingerprint density at radius 1 is 1.57 bits per heavy atom. The fraction of sp³-hybridized carbons (Fsp3) is 0.417. The maximum atomic E-state index is 4.35. The summed E-state index contributed by atoms with van der Waals surface area (Å²) in [6.07, 6.45) is 5.18. The number of aryl methyl sites for hydroxylation is 1. The van der Waals surface area contributed by atoms with Gasteiger partial charge in [-0.15, -0.1) is 11.3 Å². The van der Waals surface area contributed by atoms with Gasteiger partial charge in [-0.1, -0.05) is 31.9 Å². The number of thiazole rings is 1. The van der Waals surface area contributed by atoms with Crippen LogP contribution in [0, 0.1) is 18.8 Å². The third kappa shape index (κ3) is 3.01. The fourth-order valence-corrected chi connectivity index (χ4v) is 1.85. The van der Waals surface area contributed by atoms with Crippen LogP contribution >= 0.6 is 11.3 Å².